The Hall–Kier alpha value is -0.890. The lowest BCUT2D eigenvalue weighted by atomic mass is 10.1. The molecular weight excluding hydrogens is 165 g/mol. The molecular formula is C11H14FN. The third-order valence-corrected chi connectivity index (χ3v) is 2.41. The third kappa shape index (κ3) is 2.28. The highest BCUT2D eigenvalue weighted by Gasteiger charge is 2.19. The fourth-order valence-corrected chi connectivity index (χ4v) is 1.30. The van der Waals surface area contributed by atoms with Crippen molar-refractivity contribution in [1.29, 1.82) is 0 Å². The summed E-state index contributed by atoms with van der Waals surface area (Å²) in [5.74, 6) is -0.102. The third-order valence-electron chi connectivity index (χ3n) is 2.41. The van der Waals surface area contributed by atoms with Crippen LogP contribution in [-0.2, 0) is 6.54 Å². The van der Waals surface area contributed by atoms with Crippen LogP contribution in [0.2, 0.25) is 0 Å². The zero-order chi connectivity index (χ0) is 9.26. The van der Waals surface area contributed by atoms with E-state index in [1.54, 1.807) is 13.0 Å². The van der Waals surface area contributed by atoms with Crippen LogP contribution in [0.15, 0.2) is 18.2 Å². The SMILES string of the molecule is Cc1ccc(CNC2CC2)cc1F. The van der Waals surface area contributed by atoms with Gasteiger partial charge < -0.3 is 5.32 Å². The first-order valence-electron chi connectivity index (χ1n) is 4.74. The molecule has 13 heavy (non-hydrogen) atoms. The van der Waals surface area contributed by atoms with E-state index in [0.717, 1.165) is 17.7 Å². The van der Waals surface area contributed by atoms with Gasteiger partial charge in [-0.15, -0.1) is 0 Å². The topological polar surface area (TPSA) is 12.0 Å². The molecule has 1 aliphatic rings. The Balaban J connectivity index is 1.98. The fraction of sp³-hybridized carbons (Fsp3) is 0.455. The Kier molecular flexibility index (Phi) is 2.32. The van der Waals surface area contributed by atoms with Crippen LogP contribution >= 0.6 is 0 Å². The van der Waals surface area contributed by atoms with E-state index in [1.807, 2.05) is 12.1 Å². The van der Waals surface area contributed by atoms with Crippen LogP contribution in [0.1, 0.15) is 24.0 Å². The predicted octanol–water partition coefficient (Wildman–Crippen LogP) is 2.39. The monoisotopic (exact) mass is 179 g/mol. The van der Waals surface area contributed by atoms with Gasteiger partial charge in [0.1, 0.15) is 5.82 Å². The molecule has 0 atom stereocenters. The Labute approximate surface area is 78.0 Å². The van der Waals surface area contributed by atoms with Gasteiger partial charge in [-0.05, 0) is 37.0 Å². The van der Waals surface area contributed by atoms with Gasteiger partial charge in [0, 0.05) is 12.6 Å². The fourth-order valence-electron chi connectivity index (χ4n) is 1.30. The quantitative estimate of drug-likeness (QED) is 0.751. The Morgan fingerprint density at radius 1 is 1.46 bits per heavy atom. The Morgan fingerprint density at radius 3 is 2.85 bits per heavy atom. The van der Waals surface area contributed by atoms with Crippen molar-refractivity contribution in [3.63, 3.8) is 0 Å². The van der Waals surface area contributed by atoms with Crippen LogP contribution in [0.3, 0.4) is 0 Å². The maximum absolute atomic E-state index is 13.1. The summed E-state index contributed by atoms with van der Waals surface area (Å²) < 4.78 is 13.1. The molecule has 0 saturated heterocycles. The second-order valence-electron chi connectivity index (χ2n) is 3.74. The predicted molar refractivity (Wildman–Crippen MR) is 51.0 cm³/mol. The van der Waals surface area contributed by atoms with Crippen LogP contribution in [0.25, 0.3) is 0 Å². The van der Waals surface area contributed by atoms with Gasteiger partial charge in [-0.2, -0.15) is 0 Å². The minimum Gasteiger partial charge on any atom is -0.310 e. The van der Waals surface area contributed by atoms with E-state index in [-0.39, 0.29) is 5.82 Å². The normalized spacial score (nSPS) is 16.2. The molecule has 0 heterocycles. The molecule has 1 aromatic carbocycles. The summed E-state index contributed by atoms with van der Waals surface area (Å²) in [5, 5.41) is 3.35. The highest BCUT2D eigenvalue weighted by molar-refractivity contribution is 5.23. The van der Waals surface area contributed by atoms with Crippen LogP contribution in [0.4, 0.5) is 4.39 Å². The molecule has 2 rings (SSSR count). The minimum atomic E-state index is -0.102. The zero-order valence-corrected chi connectivity index (χ0v) is 7.81. The summed E-state index contributed by atoms with van der Waals surface area (Å²) in [5.41, 5.74) is 1.75. The first-order chi connectivity index (χ1) is 6.25. The van der Waals surface area contributed by atoms with E-state index in [4.69, 9.17) is 0 Å². The molecule has 2 heteroatoms. The van der Waals surface area contributed by atoms with Gasteiger partial charge in [0.2, 0.25) is 0 Å². The molecule has 0 radical (unpaired) electrons. The standard InChI is InChI=1S/C11H14FN/c1-8-2-3-9(6-11(8)12)7-13-10-4-5-10/h2-3,6,10,13H,4-5,7H2,1H3. The van der Waals surface area contributed by atoms with Crippen molar-refractivity contribution in [3.05, 3.63) is 35.1 Å². The van der Waals surface area contributed by atoms with Gasteiger partial charge in [0.15, 0.2) is 0 Å². The summed E-state index contributed by atoms with van der Waals surface area (Å²) in [6.07, 6.45) is 2.54. The van der Waals surface area contributed by atoms with E-state index in [2.05, 4.69) is 5.32 Å². The van der Waals surface area contributed by atoms with Gasteiger partial charge >= 0.3 is 0 Å². The molecule has 1 fully saturated rings. The molecule has 1 aromatic rings. The summed E-state index contributed by atoms with van der Waals surface area (Å²) in [4.78, 5) is 0. The molecule has 70 valence electrons. The lowest BCUT2D eigenvalue weighted by Crippen LogP contribution is -2.15. The summed E-state index contributed by atoms with van der Waals surface area (Å²) in [7, 11) is 0. The lowest BCUT2D eigenvalue weighted by Gasteiger charge is -2.04. The number of halogens is 1. The summed E-state index contributed by atoms with van der Waals surface area (Å²) >= 11 is 0. The molecule has 0 aliphatic heterocycles. The van der Waals surface area contributed by atoms with Crippen molar-refractivity contribution in [1.82, 2.24) is 5.32 Å². The first-order valence-corrected chi connectivity index (χ1v) is 4.74. The molecule has 0 spiro atoms. The second-order valence-corrected chi connectivity index (χ2v) is 3.74. The molecule has 0 unspecified atom stereocenters. The number of rotatable bonds is 3. The van der Waals surface area contributed by atoms with E-state index in [1.165, 1.54) is 12.8 Å². The van der Waals surface area contributed by atoms with Gasteiger partial charge in [-0.1, -0.05) is 12.1 Å². The minimum absolute atomic E-state index is 0.102. The van der Waals surface area contributed by atoms with Crippen LogP contribution < -0.4 is 5.32 Å². The van der Waals surface area contributed by atoms with Crippen LogP contribution in [-0.4, -0.2) is 6.04 Å². The number of nitrogens with one attached hydrogen (secondary N) is 1. The average molecular weight is 179 g/mol. The smallest absolute Gasteiger partial charge is 0.126 e. The molecule has 1 aliphatic carbocycles. The molecule has 1 N–H and O–H groups in total. The van der Waals surface area contributed by atoms with E-state index in [0.29, 0.717) is 6.04 Å². The highest BCUT2D eigenvalue weighted by Crippen LogP contribution is 2.19. The Morgan fingerprint density at radius 2 is 2.23 bits per heavy atom. The highest BCUT2D eigenvalue weighted by atomic mass is 19.1. The number of benzene rings is 1. The van der Waals surface area contributed by atoms with Gasteiger partial charge in [0.25, 0.3) is 0 Å². The largest absolute Gasteiger partial charge is 0.310 e. The molecule has 1 nitrogen and oxygen atoms in total. The number of hydrogen-bond donors (Lipinski definition) is 1. The molecule has 1 saturated carbocycles. The summed E-state index contributed by atoms with van der Waals surface area (Å²) in [6, 6.07) is 6.11. The van der Waals surface area contributed by atoms with Crippen molar-refractivity contribution in [2.75, 3.05) is 0 Å². The van der Waals surface area contributed by atoms with Crippen molar-refractivity contribution in [3.8, 4) is 0 Å². The lowest BCUT2D eigenvalue weighted by molar-refractivity contribution is 0.611. The maximum atomic E-state index is 13.1. The van der Waals surface area contributed by atoms with Crippen molar-refractivity contribution < 1.29 is 4.39 Å². The first kappa shape index (κ1) is 8.70. The maximum Gasteiger partial charge on any atom is 0.126 e. The van der Waals surface area contributed by atoms with Crippen LogP contribution in [0.5, 0.6) is 0 Å². The van der Waals surface area contributed by atoms with E-state index in [9.17, 15) is 4.39 Å². The van der Waals surface area contributed by atoms with Crippen molar-refractivity contribution >= 4 is 0 Å². The molecule has 0 aromatic heterocycles. The van der Waals surface area contributed by atoms with Crippen molar-refractivity contribution in [2.24, 2.45) is 0 Å². The van der Waals surface area contributed by atoms with Gasteiger partial charge in [0.05, 0.1) is 0 Å². The average Bonchev–Trinajstić information content (AvgIpc) is 2.91. The Bertz CT molecular complexity index is 305. The number of hydrogen-bond acceptors (Lipinski definition) is 1. The zero-order valence-electron chi connectivity index (χ0n) is 7.81. The summed E-state index contributed by atoms with van der Waals surface area (Å²) in [6.45, 7) is 2.58. The van der Waals surface area contributed by atoms with E-state index >= 15 is 0 Å². The second kappa shape index (κ2) is 3.46. The number of aryl methyl sites for hydroxylation is 1. The van der Waals surface area contributed by atoms with Gasteiger partial charge in [-0.3, -0.25) is 0 Å². The van der Waals surface area contributed by atoms with E-state index < -0.39 is 0 Å². The molecule has 0 amide bonds. The van der Waals surface area contributed by atoms with Gasteiger partial charge in [-0.25, -0.2) is 4.39 Å². The van der Waals surface area contributed by atoms with Crippen molar-refractivity contribution in [2.45, 2.75) is 32.4 Å². The van der Waals surface area contributed by atoms with Crippen LogP contribution in [0, 0.1) is 12.7 Å². The molecule has 0 bridgehead atoms.